The van der Waals surface area contributed by atoms with Crippen molar-refractivity contribution in [3.8, 4) is 5.75 Å². The molecule has 0 spiro atoms. The highest BCUT2D eigenvalue weighted by atomic mass is 16.5. The van der Waals surface area contributed by atoms with Crippen LogP contribution in [0.4, 0.5) is 5.69 Å². The lowest BCUT2D eigenvalue weighted by atomic mass is 10.0. The van der Waals surface area contributed by atoms with Crippen molar-refractivity contribution >= 4 is 5.69 Å². The summed E-state index contributed by atoms with van der Waals surface area (Å²) in [6.07, 6.45) is 0. The largest absolute Gasteiger partial charge is 0.495 e. The number of rotatable bonds is 5. The Morgan fingerprint density at radius 2 is 1.94 bits per heavy atom. The van der Waals surface area contributed by atoms with Gasteiger partial charge in [0.1, 0.15) is 5.75 Å². The Bertz CT molecular complexity index is 325. The van der Waals surface area contributed by atoms with Gasteiger partial charge in [0.05, 0.1) is 12.8 Å². The van der Waals surface area contributed by atoms with E-state index in [1.807, 2.05) is 18.2 Å². The fourth-order valence-electron chi connectivity index (χ4n) is 1.98. The summed E-state index contributed by atoms with van der Waals surface area (Å²) >= 11 is 0. The number of anilines is 1. The third-order valence-corrected chi connectivity index (χ3v) is 2.97. The lowest BCUT2D eigenvalue weighted by molar-refractivity contribution is 0.409. The van der Waals surface area contributed by atoms with Gasteiger partial charge < -0.3 is 15.4 Å². The van der Waals surface area contributed by atoms with Gasteiger partial charge in [0.15, 0.2) is 0 Å². The first kappa shape index (κ1) is 12.8. The minimum Gasteiger partial charge on any atom is -0.495 e. The molecule has 1 atom stereocenters. The molecule has 0 amide bonds. The normalized spacial score (nSPS) is 12.6. The highest BCUT2D eigenvalue weighted by Gasteiger charge is 2.19. The maximum Gasteiger partial charge on any atom is 0.142 e. The van der Waals surface area contributed by atoms with Crippen LogP contribution in [0, 0.1) is 5.92 Å². The first-order chi connectivity index (χ1) is 7.61. The smallest absolute Gasteiger partial charge is 0.142 e. The summed E-state index contributed by atoms with van der Waals surface area (Å²) in [5.41, 5.74) is 6.91. The fourth-order valence-corrected chi connectivity index (χ4v) is 1.98. The minimum atomic E-state index is 0.330. The van der Waals surface area contributed by atoms with Crippen LogP contribution in [-0.2, 0) is 0 Å². The van der Waals surface area contributed by atoms with Gasteiger partial charge in [-0.05, 0) is 18.1 Å². The lowest BCUT2D eigenvalue weighted by Gasteiger charge is -2.32. The summed E-state index contributed by atoms with van der Waals surface area (Å²) < 4.78 is 5.36. The van der Waals surface area contributed by atoms with E-state index >= 15 is 0 Å². The van der Waals surface area contributed by atoms with E-state index in [4.69, 9.17) is 10.5 Å². The second-order valence-corrected chi connectivity index (χ2v) is 4.33. The molecule has 0 saturated heterocycles. The summed E-state index contributed by atoms with van der Waals surface area (Å²) in [5.74, 6) is 1.41. The van der Waals surface area contributed by atoms with Crippen molar-refractivity contribution in [3.63, 3.8) is 0 Å². The van der Waals surface area contributed by atoms with Crippen LogP contribution in [0.25, 0.3) is 0 Å². The minimum absolute atomic E-state index is 0.330. The van der Waals surface area contributed by atoms with Crippen molar-refractivity contribution in [2.24, 2.45) is 11.7 Å². The zero-order chi connectivity index (χ0) is 12.1. The van der Waals surface area contributed by atoms with Crippen LogP contribution in [0.15, 0.2) is 24.3 Å². The molecule has 0 aliphatic heterocycles. The Morgan fingerprint density at radius 1 is 1.31 bits per heavy atom. The molecular weight excluding hydrogens is 200 g/mol. The van der Waals surface area contributed by atoms with Crippen molar-refractivity contribution < 1.29 is 4.74 Å². The van der Waals surface area contributed by atoms with Gasteiger partial charge in [-0.1, -0.05) is 26.0 Å². The maximum atomic E-state index is 5.82. The van der Waals surface area contributed by atoms with Gasteiger partial charge in [0, 0.05) is 19.6 Å². The first-order valence-electron chi connectivity index (χ1n) is 5.67. The van der Waals surface area contributed by atoms with Crippen molar-refractivity contribution in [1.82, 2.24) is 0 Å². The Hall–Kier alpha value is -1.22. The van der Waals surface area contributed by atoms with Gasteiger partial charge in [-0.3, -0.25) is 0 Å². The van der Waals surface area contributed by atoms with E-state index in [2.05, 4.69) is 31.9 Å². The SMILES string of the molecule is COc1ccccc1N(C)C(CN)C(C)C. The van der Waals surface area contributed by atoms with Crippen LogP contribution in [0.3, 0.4) is 0 Å². The molecular formula is C13H22N2O. The molecule has 2 N–H and O–H groups in total. The average molecular weight is 222 g/mol. The monoisotopic (exact) mass is 222 g/mol. The molecule has 1 aromatic rings. The molecule has 90 valence electrons. The molecule has 0 heterocycles. The molecule has 0 aromatic heterocycles. The van der Waals surface area contributed by atoms with Crippen LogP contribution >= 0.6 is 0 Å². The van der Waals surface area contributed by atoms with Crippen LogP contribution in [0.1, 0.15) is 13.8 Å². The third-order valence-electron chi connectivity index (χ3n) is 2.97. The molecule has 0 fully saturated rings. The summed E-state index contributed by atoms with van der Waals surface area (Å²) in [4.78, 5) is 2.20. The Morgan fingerprint density at radius 3 is 2.44 bits per heavy atom. The van der Waals surface area contributed by atoms with Crippen LogP contribution in [-0.4, -0.2) is 26.7 Å². The standard InChI is InChI=1S/C13H22N2O/c1-10(2)12(9-14)15(3)11-7-5-6-8-13(11)16-4/h5-8,10,12H,9,14H2,1-4H3. The zero-order valence-electron chi connectivity index (χ0n) is 10.6. The summed E-state index contributed by atoms with van der Waals surface area (Å²) in [6.45, 7) is 5.01. The van der Waals surface area contributed by atoms with Crippen molar-refractivity contribution in [3.05, 3.63) is 24.3 Å². The number of nitrogens with zero attached hydrogens (tertiary/aromatic N) is 1. The lowest BCUT2D eigenvalue weighted by Crippen LogP contribution is -2.42. The number of methoxy groups -OCH3 is 1. The van der Waals surface area contributed by atoms with Crippen LogP contribution < -0.4 is 15.4 Å². The highest BCUT2D eigenvalue weighted by molar-refractivity contribution is 5.58. The maximum absolute atomic E-state index is 5.82. The quantitative estimate of drug-likeness (QED) is 0.829. The van der Waals surface area contributed by atoms with Crippen LogP contribution in [0.5, 0.6) is 5.75 Å². The van der Waals surface area contributed by atoms with E-state index in [1.165, 1.54) is 0 Å². The molecule has 1 aromatic carbocycles. The number of benzene rings is 1. The van der Waals surface area contributed by atoms with Gasteiger partial charge in [-0.25, -0.2) is 0 Å². The van der Waals surface area contributed by atoms with Crippen molar-refractivity contribution in [2.45, 2.75) is 19.9 Å². The molecule has 0 bridgehead atoms. The summed E-state index contributed by atoms with van der Waals surface area (Å²) in [5, 5.41) is 0. The van der Waals surface area contributed by atoms with E-state index in [9.17, 15) is 0 Å². The molecule has 0 aliphatic carbocycles. The fraction of sp³-hybridized carbons (Fsp3) is 0.538. The number of likely N-dealkylation sites (N-methyl/N-ethyl adjacent to an activating group) is 1. The molecule has 0 radical (unpaired) electrons. The second kappa shape index (κ2) is 5.75. The highest BCUT2D eigenvalue weighted by Crippen LogP contribution is 2.29. The number of hydrogen-bond acceptors (Lipinski definition) is 3. The van der Waals surface area contributed by atoms with Gasteiger partial charge in [0.25, 0.3) is 0 Å². The number of hydrogen-bond donors (Lipinski definition) is 1. The van der Waals surface area contributed by atoms with Gasteiger partial charge in [-0.15, -0.1) is 0 Å². The Labute approximate surface area is 98.2 Å². The average Bonchev–Trinajstić information content (AvgIpc) is 2.29. The Balaban J connectivity index is 2.98. The summed E-state index contributed by atoms with van der Waals surface area (Å²) in [6, 6.07) is 8.35. The number of para-hydroxylation sites is 2. The van der Waals surface area contributed by atoms with E-state index in [-0.39, 0.29) is 0 Å². The summed E-state index contributed by atoms with van der Waals surface area (Å²) in [7, 11) is 3.76. The van der Waals surface area contributed by atoms with Gasteiger partial charge in [-0.2, -0.15) is 0 Å². The van der Waals surface area contributed by atoms with E-state index in [0.29, 0.717) is 18.5 Å². The van der Waals surface area contributed by atoms with E-state index < -0.39 is 0 Å². The number of ether oxygens (including phenoxy) is 1. The molecule has 16 heavy (non-hydrogen) atoms. The molecule has 3 nitrogen and oxygen atoms in total. The van der Waals surface area contributed by atoms with E-state index in [0.717, 1.165) is 11.4 Å². The number of nitrogens with two attached hydrogens (primary N) is 1. The predicted octanol–water partition coefficient (Wildman–Crippen LogP) is 2.11. The van der Waals surface area contributed by atoms with Crippen molar-refractivity contribution in [1.29, 1.82) is 0 Å². The van der Waals surface area contributed by atoms with Crippen molar-refractivity contribution in [2.75, 3.05) is 25.6 Å². The van der Waals surface area contributed by atoms with E-state index in [1.54, 1.807) is 7.11 Å². The van der Waals surface area contributed by atoms with Gasteiger partial charge in [0.2, 0.25) is 0 Å². The van der Waals surface area contributed by atoms with Crippen LogP contribution in [0.2, 0.25) is 0 Å². The zero-order valence-corrected chi connectivity index (χ0v) is 10.6. The predicted molar refractivity (Wildman–Crippen MR) is 69.1 cm³/mol. The first-order valence-corrected chi connectivity index (χ1v) is 5.67. The second-order valence-electron chi connectivity index (χ2n) is 4.33. The third kappa shape index (κ3) is 2.67. The van der Waals surface area contributed by atoms with Gasteiger partial charge >= 0.3 is 0 Å². The molecule has 1 unspecified atom stereocenters. The molecule has 3 heteroatoms. The molecule has 0 saturated carbocycles. The Kier molecular flexibility index (Phi) is 4.62. The topological polar surface area (TPSA) is 38.5 Å². The molecule has 0 aliphatic rings. The molecule has 1 rings (SSSR count).